The van der Waals surface area contributed by atoms with Gasteiger partial charge in [0, 0.05) is 18.3 Å². The molecular weight excluding hydrogens is 306 g/mol. The van der Waals surface area contributed by atoms with Crippen LogP contribution in [0.4, 0.5) is 5.69 Å². The van der Waals surface area contributed by atoms with Gasteiger partial charge in [0.05, 0.1) is 12.3 Å². The van der Waals surface area contributed by atoms with Crippen LogP contribution in [0.1, 0.15) is 27.8 Å². The van der Waals surface area contributed by atoms with E-state index in [-0.39, 0.29) is 11.6 Å². The molecule has 1 aromatic heterocycles. The van der Waals surface area contributed by atoms with E-state index in [1.807, 2.05) is 13.0 Å². The zero-order chi connectivity index (χ0) is 17.4. The van der Waals surface area contributed by atoms with Gasteiger partial charge in [-0.3, -0.25) is 14.6 Å². The van der Waals surface area contributed by atoms with Gasteiger partial charge in [0.25, 0.3) is 11.8 Å². The molecule has 0 aliphatic rings. The van der Waals surface area contributed by atoms with Crippen molar-refractivity contribution in [2.45, 2.75) is 6.92 Å². The van der Waals surface area contributed by atoms with Crippen LogP contribution < -0.4 is 15.4 Å². The molecule has 2 aromatic rings. The van der Waals surface area contributed by atoms with E-state index in [9.17, 15) is 9.59 Å². The topological polar surface area (TPSA) is 80.3 Å². The fourth-order valence-electron chi connectivity index (χ4n) is 2.00. The molecule has 0 atom stereocenters. The summed E-state index contributed by atoms with van der Waals surface area (Å²) < 4.78 is 5.47. The maximum absolute atomic E-state index is 12.4. The van der Waals surface area contributed by atoms with Gasteiger partial charge in [-0.2, -0.15) is 0 Å². The van der Waals surface area contributed by atoms with E-state index in [1.54, 1.807) is 30.3 Å². The van der Waals surface area contributed by atoms with Crippen LogP contribution in [0.25, 0.3) is 0 Å². The summed E-state index contributed by atoms with van der Waals surface area (Å²) in [6.45, 7) is 6.25. The van der Waals surface area contributed by atoms with Crippen molar-refractivity contribution < 1.29 is 14.3 Å². The lowest BCUT2D eigenvalue weighted by molar-refractivity contribution is 0.0958. The lowest BCUT2D eigenvalue weighted by Crippen LogP contribution is -2.24. The van der Waals surface area contributed by atoms with Crippen molar-refractivity contribution in [1.29, 1.82) is 0 Å². The molecule has 0 saturated heterocycles. The van der Waals surface area contributed by atoms with Crippen LogP contribution in [0.5, 0.6) is 5.75 Å². The van der Waals surface area contributed by atoms with Crippen molar-refractivity contribution in [2.75, 3.05) is 18.5 Å². The first-order chi connectivity index (χ1) is 11.7. The molecule has 1 aromatic carbocycles. The Kier molecular flexibility index (Phi) is 6.08. The number of carbonyl (C=O) groups is 2. The van der Waals surface area contributed by atoms with Gasteiger partial charge in [-0.1, -0.05) is 18.2 Å². The Morgan fingerprint density at radius 1 is 1.25 bits per heavy atom. The average molecular weight is 325 g/mol. The van der Waals surface area contributed by atoms with Crippen LogP contribution in [0, 0.1) is 0 Å². The van der Waals surface area contributed by atoms with Gasteiger partial charge in [0.1, 0.15) is 11.4 Å². The van der Waals surface area contributed by atoms with E-state index in [4.69, 9.17) is 4.74 Å². The number of amides is 2. The summed E-state index contributed by atoms with van der Waals surface area (Å²) >= 11 is 0. The van der Waals surface area contributed by atoms with Gasteiger partial charge in [-0.05, 0) is 31.2 Å². The first kappa shape index (κ1) is 17.2. The SMILES string of the molecule is C=CCNC(=O)c1ccnc(C(=O)Nc2ccccc2OCC)c1. The summed E-state index contributed by atoms with van der Waals surface area (Å²) in [6.07, 6.45) is 3.00. The second kappa shape index (κ2) is 8.47. The number of carbonyl (C=O) groups excluding carboxylic acids is 2. The third-order valence-corrected chi connectivity index (χ3v) is 3.10. The zero-order valence-electron chi connectivity index (χ0n) is 13.4. The van der Waals surface area contributed by atoms with E-state index in [0.29, 0.717) is 30.2 Å². The fraction of sp³-hybridized carbons (Fsp3) is 0.167. The Morgan fingerprint density at radius 2 is 2.04 bits per heavy atom. The van der Waals surface area contributed by atoms with Crippen molar-refractivity contribution in [3.63, 3.8) is 0 Å². The molecule has 124 valence electrons. The highest BCUT2D eigenvalue weighted by atomic mass is 16.5. The van der Waals surface area contributed by atoms with Crippen molar-refractivity contribution in [3.05, 3.63) is 66.5 Å². The third-order valence-electron chi connectivity index (χ3n) is 3.10. The molecule has 0 spiro atoms. The number of benzene rings is 1. The molecule has 0 radical (unpaired) electrons. The Labute approximate surface area is 140 Å². The molecule has 2 amide bonds. The molecule has 0 bridgehead atoms. The lowest BCUT2D eigenvalue weighted by Gasteiger charge is -2.11. The van der Waals surface area contributed by atoms with Gasteiger partial charge in [0.2, 0.25) is 0 Å². The smallest absolute Gasteiger partial charge is 0.274 e. The molecule has 0 fully saturated rings. The van der Waals surface area contributed by atoms with Crippen molar-refractivity contribution in [2.24, 2.45) is 0 Å². The molecule has 2 N–H and O–H groups in total. The zero-order valence-corrected chi connectivity index (χ0v) is 13.4. The molecule has 0 aliphatic carbocycles. The Morgan fingerprint density at radius 3 is 2.79 bits per heavy atom. The average Bonchev–Trinajstić information content (AvgIpc) is 2.61. The van der Waals surface area contributed by atoms with Crippen LogP contribution >= 0.6 is 0 Å². The second-order valence-corrected chi connectivity index (χ2v) is 4.81. The van der Waals surface area contributed by atoms with Crippen molar-refractivity contribution >= 4 is 17.5 Å². The minimum atomic E-state index is -0.416. The fourth-order valence-corrected chi connectivity index (χ4v) is 2.00. The van der Waals surface area contributed by atoms with Gasteiger partial charge in [0.15, 0.2) is 0 Å². The minimum absolute atomic E-state index is 0.146. The highest BCUT2D eigenvalue weighted by Crippen LogP contribution is 2.24. The number of pyridine rings is 1. The van der Waals surface area contributed by atoms with Gasteiger partial charge in [-0.15, -0.1) is 6.58 Å². The first-order valence-corrected chi connectivity index (χ1v) is 7.54. The van der Waals surface area contributed by atoms with E-state index < -0.39 is 5.91 Å². The number of nitrogens with one attached hydrogen (secondary N) is 2. The predicted octanol–water partition coefficient (Wildman–Crippen LogP) is 2.65. The monoisotopic (exact) mass is 325 g/mol. The Balaban J connectivity index is 2.16. The van der Waals surface area contributed by atoms with E-state index in [2.05, 4.69) is 22.2 Å². The standard InChI is InChI=1S/C18H19N3O3/c1-3-10-20-17(22)13-9-11-19-15(12-13)18(23)21-14-7-5-6-8-16(14)24-4-2/h3,5-9,11-12H,1,4,10H2,2H3,(H,20,22)(H,21,23). The molecule has 24 heavy (non-hydrogen) atoms. The molecule has 0 unspecified atom stereocenters. The van der Waals surface area contributed by atoms with Gasteiger partial charge >= 0.3 is 0 Å². The van der Waals surface area contributed by atoms with Crippen LogP contribution in [0.15, 0.2) is 55.3 Å². The normalized spacial score (nSPS) is 9.88. The van der Waals surface area contributed by atoms with Crippen LogP contribution in [-0.2, 0) is 0 Å². The minimum Gasteiger partial charge on any atom is -0.492 e. The molecule has 6 heteroatoms. The summed E-state index contributed by atoms with van der Waals surface area (Å²) in [6, 6.07) is 10.1. The van der Waals surface area contributed by atoms with Crippen LogP contribution in [-0.4, -0.2) is 29.9 Å². The summed E-state index contributed by atoms with van der Waals surface area (Å²) in [5, 5.41) is 5.40. The second-order valence-electron chi connectivity index (χ2n) is 4.81. The number of para-hydroxylation sites is 2. The number of hydrogen-bond acceptors (Lipinski definition) is 4. The third kappa shape index (κ3) is 4.42. The molecule has 2 rings (SSSR count). The molecule has 1 heterocycles. The maximum atomic E-state index is 12.4. The summed E-state index contributed by atoms with van der Waals surface area (Å²) in [4.78, 5) is 28.3. The summed E-state index contributed by atoms with van der Waals surface area (Å²) in [5.74, 6) is -0.130. The number of anilines is 1. The van der Waals surface area contributed by atoms with E-state index >= 15 is 0 Å². The van der Waals surface area contributed by atoms with Crippen molar-refractivity contribution in [3.8, 4) is 5.75 Å². The quantitative estimate of drug-likeness (QED) is 0.767. The van der Waals surface area contributed by atoms with E-state index in [0.717, 1.165) is 0 Å². The Bertz CT molecular complexity index is 744. The molecule has 0 aliphatic heterocycles. The maximum Gasteiger partial charge on any atom is 0.274 e. The highest BCUT2D eigenvalue weighted by molar-refractivity contribution is 6.05. The molecule has 0 saturated carbocycles. The van der Waals surface area contributed by atoms with Crippen molar-refractivity contribution in [1.82, 2.24) is 10.3 Å². The van der Waals surface area contributed by atoms with Crippen LogP contribution in [0.3, 0.4) is 0 Å². The van der Waals surface area contributed by atoms with E-state index in [1.165, 1.54) is 12.3 Å². The lowest BCUT2D eigenvalue weighted by atomic mass is 10.2. The number of aromatic nitrogens is 1. The molecular formula is C18H19N3O3. The Hall–Kier alpha value is -3.15. The first-order valence-electron chi connectivity index (χ1n) is 7.54. The number of ether oxygens (including phenoxy) is 1. The van der Waals surface area contributed by atoms with Gasteiger partial charge in [-0.25, -0.2) is 0 Å². The largest absolute Gasteiger partial charge is 0.492 e. The highest BCUT2D eigenvalue weighted by Gasteiger charge is 2.13. The summed E-state index contributed by atoms with van der Waals surface area (Å²) in [7, 11) is 0. The molecule has 6 nitrogen and oxygen atoms in total. The number of hydrogen-bond donors (Lipinski definition) is 2. The summed E-state index contributed by atoms with van der Waals surface area (Å²) in [5.41, 5.74) is 1.05. The van der Waals surface area contributed by atoms with Crippen LogP contribution in [0.2, 0.25) is 0 Å². The van der Waals surface area contributed by atoms with Gasteiger partial charge < -0.3 is 15.4 Å². The number of rotatable bonds is 7. The number of nitrogens with zero attached hydrogens (tertiary/aromatic N) is 1. The predicted molar refractivity (Wildman–Crippen MR) is 92.3 cm³/mol.